The van der Waals surface area contributed by atoms with E-state index in [9.17, 15) is 4.79 Å². The van der Waals surface area contributed by atoms with Crippen molar-refractivity contribution in [1.29, 1.82) is 0 Å². The van der Waals surface area contributed by atoms with Crippen LogP contribution in [0.25, 0.3) is 0 Å². The number of amides is 2. The monoisotopic (exact) mass is 264 g/mol. The molecule has 19 heavy (non-hydrogen) atoms. The lowest BCUT2D eigenvalue weighted by Crippen LogP contribution is -2.42. The van der Waals surface area contributed by atoms with Crippen molar-refractivity contribution < 1.29 is 9.90 Å². The molecule has 4 heteroatoms. The summed E-state index contributed by atoms with van der Waals surface area (Å²) in [6.45, 7) is 6.71. The van der Waals surface area contributed by atoms with Crippen LogP contribution in [-0.2, 0) is 0 Å². The van der Waals surface area contributed by atoms with Gasteiger partial charge in [-0.1, -0.05) is 36.8 Å². The molecule has 0 bridgehead atoms. The number of aryl methyl sites for hydroxylation is 1. The molecule has 4 nitrogen and oxygen atoms in total. The number of benzene rings is 1. The van der Waals surface area contributed by atoms with E-state index < -0.39 is 0 Å². The summed E-state index contributed by atoms with van der Waals surface area (Å²) in [6.07, 6.45) is 0.570. The Labute approximate surface area is 115 Å². The molecule has 1 aromatic carbocycles. The predicted molar refractivity (Wildman–Crippen MR) is 77.3 cm³/mol. The van der Waals surface area contributed by atoms with E-state index in [1.807, 2.05) is 13.0 Å². The third kappa shape index (κ3) is 5.75. The van der Waals surface area contributed by atoms with Gasteiger partial charge in [0.05, 0.1) is 0 Å². The van der Waals surface area contributed by atoms with Gasteiger partial charge in [0, 0.05) is 19.2 Å². The highest BCUT2D eigenvalue weighted by Gasteiger charge is 2.09. The van der Waals surface area contributed by atoms with Crippen molar-refractivity contribution in [3.63, 3.8) is 0 Å². The van der Waals surface area contributed by atoms with Gasteiger partial charge in [0.1, 0.15) is 0 Å². The highest BCUT2D eigenvalue weighted by molar-refractivity contribution is 5.74. The zero-order valence-electron chi connectivity index (χ0n) is 11.9. The molecule has 0 heterocycles. The van der Waals surface area contributed by atoms with Crippen LogP contribution in [0.4, 0.5) is 4.79 Å². The molecule has 106 valence electrons. The van der Waals surface area contributed by atoms with E-state index in [0.717, 1.165) is 0 Å². The Bertz CT molecular complexity index is 407. The van der Waals surface area contributed by atoms with Crippen LogP contribution in [0, 0.1) is 6.92 Å². The number of hydrogen-bond acceptors (Lipinski definition) is 2. The molecule has 0 radical (unpaired) electrons. The van der Waals surface area contributed by atoms with Gasteiger partial charge in [0.15, 0.2) is 0 Å². The first-order valence-electron chi connectivity index (χ1n) is 6.74. The van der Waals surface area contributed by atoms with Crippen molar-refractivity contribution in [2.24, 2.45) is 0 Å². The van der Waals surface area contributed by atoms with Gasteiger partial charge in [0.2, 0.25) is 0 Å². The topological polar surface area (TPSA) is 61.4 Å². The first-order valence-corrected chi connectivity index (χ1v) is 6.74. The second-order valence-electron chi connectivity index (χ2n) is 5.08. The maximum Gasteiger partial charge on any atom is 0.315 e. The first-order chi connectivity index (χ1) is 9.02. The van der Waals surface area contributed by atoms with E-state index in [2.05, 4.69) is 42.7 Å². The van der Waals surface area contributed by atoms with E-state index >= 15 is 0 Å². The molecule has 0 aliphatic heterocycles. The molecule has 1 unspecified atom stereocenters. The second-order valence-corrected chi connectivity index (χ2v) is 5.08. The molecule has 0 aliphatic carbocycles. The van der Waals surface area contributed by atoms with Crippen molar-refractivity contribution in [2.45, 2.75) is 39.2 Å². The molecule has 0 saturated heterocycles. The summed E-state index contributed by atoms with van der Waals surface area (Å²) in [5.74, 6) is 0.277. The second kappa shape index (κ2) is 7.79. The van der Waals surface area contributed by atoms with Gasteiger partial charge in [0.25, 0.3) is 0 Å². The Kier molecular flexibility index (Phi) is 6.36. The lowest BCUT2D eigenvalue weighted by Gasteiger charge is -2.16. The van der Waals surface area contributed by atoms with Crippen LogP contribution < -0.4 is 10.6 Å². The number of carbonyl (C=O) groups is 1. The lowest BCUT2D eigenvalue weighted by atomic mass is 9.99. The fraction of sp³-hybridized carbons (Fsp3) is 0.533. The Balaban J connectivity index is 2.37. The number of nitrogens with one attached hydrogen (secondary N) is 2. The Morgan fingerprint density at radius 3 is 2.74 bits per heavy atom. The molecular weight excluding hydrogens is 240 g/mol. The molecule has 1 aromatic rings. The fourth-order valence-electron chi connectivity index (χ4n) is 1.88. The molecule has 0 fully saturated rings. The van der Waals surface area contributed by atoms with Crippen LogP contribution in [0.5, 0.6) is 0 Å². The minimum absolute atomic E-state index is 0.0146. The van der Waals surface area contributed by atoms with Crippen molar-refractivity contribution in [3.05, 3.63) is 35.4 Å². The highest BCUT2D eigenvalue weighted by Crippen LogP contribution is 2.15. The zero-order valence-corrected chi connectivity index (χ0v) is 11.9. The third-order valence-corrected chi connectivity index (χ3v) is 3.12. The van der Waals surface area contributed by atoms with Crippen molar-refractivity contribution in [1.82, 2.24) is 10.6 Å². The van der Waals surface area contributed by atoms with E-state index in [0.29, 0.717) is 13.0 Å². The summed E-state index contributed by atoms with van der Waals surface area (Å²) in [7, 11) is 0. The maximum atomic E-state index is 11.6. The minimum atomic E-state index is -0.180. The Morgan fingerprint density at radius 2 is 2.11 bits per heavy atom. The molecule has 0 saturated carbocycles. The van der Waals surface area contributed by atoms with Crippen molar-refractivity contribution in [3.8, 4) is 0 Å². The summed E-state index contributed by atoms with van der Waals surface area (Å²) >= 11 is 0. The third-order valence-electron chi connectivity index (χ3n) is 3.12. The van der Waals surface area contributed by atoms with Crippen LogP contribution in [0.1, 0.15) is 37.3 Å². The van der Waals surface area contributed by atoms with Gasteiger partial charge in [-0.3, -0.25) is 0 Å². The van der Waals surface area contributed by atoms with Crippen molar-refractivity contribution >= 4 is 6.03 Å². The molecule has 0 aromatic heterocycles. The van der Waals surface area contributed by atoms with E-state index in [1.54, 1.807) is 0 Å². The molecule has 2 atom stereocenters. The molecule has 1 rings (SSSR count). The normalized spacial score (nSPS) is 13.7. The van der Waals surface area contributed by atoms with Crippen LogP contribution in [0.15, 0.2) is 24.3 Å². The standard InChI is InChI=1S/C15H24N2O2/c1-11-5-4-6-14(9-11)12(2)10-16-15(19)17-13(3)7-8-18/h4-6,9,12-13,18H,7-8,10H2,1-3H3,(H2,16,17,19)/t12?,13-/m1/s1. The van der Waals surface area contributed by atoms with Gasteiger partial charge in [-0.05, 0) is 31.7 Å². The van der Waals surface area contributed by atoms with E-state index in [1.165, 1.54) is 11.1 Å². The summed E-state index contributed by atoms with van der Waals surface area (Å²) < 4.78 is 0. The van der Waals surface area contributed by atoms with Crippen LogP contribution in [0.2, 0.25) is 0 Å². The molecule has 3 N–H and O–H groups in total. The number of carbonyl (C=O) groups excluding carboxylic acids is 1. The minimum Gasteiger partial charge on any atom is -0.396 e. The number of hydrogen-bond donors (Lipinski definition) is 3. The molecular formula is C15H24N2O2. The highest BCUT2D eigenvalue weighted by atomic mass is 16.3. The summed E-state index contributed by atoms with van der Waals surface area (Å²) in [5.41, 5.74) is 2.45. The average Bonchev–Trinajstić information content (AvgIpc) is 2.36. The van der Waals surface area contributed by atoms with Crippen LogP contribution >= 0.6 is 0 Å². The summed E-state index contributed by atoms with van der Waals surface area (Å²) in [5, 5.41) is 14.4. The predicted octanol–water partition coefficient (Wildman–Crippen LogP) is 2.17. The summed E-state index contributed by atoms with van der Waals surface area (Å²) in [6, 6.07) is 8.11. The SMILES string of the molecule is Cc1cccc(C(C)CNC(=O)N[C@H](C)CCO)c1. The van der Waals surface area contributed by atoms with Crippen LogP contribution in [-0.4, -0.2) is 30.3 Å². The summed E-state index contributed by atoms with van der Waals surface area (Å²) in [4.78, 5) is 11.6. The van der Waals surface area contributed by atoms with Gasteiger partial charge < -0.3 is 15.7 Å². The largest absolute Gasteiger partial charge is 0.396 e. The Hall–Kier alpha value is -1.55. The van der Waals surface area contributed by atoms with Gasteiger partial charge >= 0.3 is 6.03 Å². The zero-order chi connectivity index (χ0) is 14.3. The number of aliphatic hydroxyl groups is 1. The van der Waals surface area contributed by atoms with Gasteiger partial charge in [-0.2, -0.15) is 0 Å². The van der Waals surface area contributed by atoms with Gasteiger partial charge in [-0.15, -0.1) is 0 Å². The molecule has 0 spiro atoms. The molecule has 0 aliphatic rings. The first kappa shape index (κ1) is 15.5. The fourth-order valence-corrected chi connectivity index (χ4v) is 1.88. The van der Waals surface area contributed by atoms with Crippen molar-refractivity contribution in [2.75, 3.05) is 13.2 Å². The number of aliphatic hydroxyl groups excluding tert-OH is 1. The maximum absolute atomic E-state index is 11.6. The van der Waals surface area contributed by atoms with Crippen LogP contribution in [0.3, 0.4) is 0 Å². The quantitative estimate of drug-likeness (QED) is 0.737. The Morgan fingerprint density at radius 1 is 1.37 bits per heavy atom. The van der Waals surface area contributed by atoms with Gasteiger partial charge in [-0.25, -0.2) is 4.79 Å². The number of urea groups is 1. The average molecular weight is 264 g/mol. The smallest absolute Gasteiger partial charge is 0.315 e. The van der Waals surface area contributed by atoms with E-state index in [4.69, 9.17) is 5.11 Å². The van der Waals surface area contributed by atoms with E-state index in [-0.39, 0.29) is 24.6 Å². The number of rotatable bonds is 6. The molecule has 2 amide bonds. The lowest BCUT2D eigenvalue weighted by molar-refractivity contribution is 0.230.